The van der Waals surface area contributed by atoms with E-state index in [1.165, 1.54) is 6.07 Å². The number of nitrogens with one attached hydrogen (secondary N) is 1. The fraction of sp³-hybridized carbons (Fsp3) is 0.308. The monoisotopic (exact) mass is 293 g/mol. The minimum atomic E-state index is -0.589. The van der Waals surface area contributed by atoms with E-state index in [0.717, 1.165) is 6.07 Å². The molecule has 8 heteroatoms. The molecule has 0 saturated carbocycles. The van der Waals surface area contributed by atoms with Gasteiger partial charge in [0.25, 0.3) is 0 Å². The number of carbonyl (C=O) groups is 1. The van der Waals surface area contributed by atoms with Gasteiger partial charge in [-0.25, -0.2) is 14.2 Å². The molecule has 0 fully saturated rings. The number of ether oxygens (including phenoxy) is 1. The highest BCUT2D eigenvalue weighted by Gasteiger charge is 2.15. The van der Waals surface area contributed by atoms with E-state index < -0.39 is 11.8 Å². The zero-order valence-corrected chi connectivity index (χ0v) is 11.8. The van der Waals surface area contributed by atoms with Gasteiger partial charge < -0.3 is 15.8 Å². The summed E-state index contributed by atoms with van der Waals surface area (Å²) in [6, 6.07) is 2.41. The van der Waals surface area contributed by atoms with E-state index in [9.17, 15) is 9.18 Å². The lowest BCUT2D eigenvalue weighted by molar-refractivity contribution is 0.0527. The van der Waals surface area contributed by atoms with Crippen molar-refractivity contribution in [3.63, 3.8) is 0 Å². The molecule has 0 aliphatic heterocycles. The van der Waals surface area contributed by atoms with Crippen molar-refractivity contribution in [1.82, 2.24) is 14.8 Å². The SMILES string of the molecule is CCOC(=O)c1cc(NCc2ncn(C)n2)c(F)cc1N. The number of benzene rings is 1. The van der Waals surface area contributed by atoms with Crippen LogP contribution in [-0.2, 0) is 18.3 Å². The van der Waals surface area contributed by atoms with E-state index in [2.05, 4.69) is 15.4 Å². The van der Waals surface area contributed by atoms with Gasteiger partial charge in [-0.2, -0.15) is 5.10 Å². The van der Waals surface area contributed by atoms with Crippen molar-refractivity contribution in [3.8, 4) is 0 Å². The van der Waals surface area contributed by atoms with Gasteiger partial charge in [0.1, 0.15) is 12.1 Å². The zero-order chi connectivity index (χ0) is 15.4. The summed E-state index contributed by atoms with van der Waals surface area (Å²) in [4.78, 5) is 15.7. The van der Waals surface area contributed by atoms with Crippen molar-refractivity contribution in [3.05, 3.63) is 35.7 Å². The molecule has 0 radical (unpaired) electrons. The Morgan fingerprint density at radius 3 is 2.90 bits per heavy atom. The van der Waals surface area contributed by atoms with E-state index in [1.807, 2.05) is 0 Å². The van der Waals surface area contributed by atoms with Crippen LogP contribution in [0.3, 0.4) is 0 Å². The molecular weight excluding hydrogens is 277 g/mol. The van der Waals surface area contributed by atoms with Crippen LogP contribution in [-0.4, -0.2) is 27.3 Å². The summed E-state index contributed by atoms with van der Waals surface area (Å²) in [5.74, 6) is -0.642. The Hall–Kier alpha value is -2.64. The molecule has 1 aromatic carbocycles. The van der Waals surface area contributed by atoms with Crippen LogP contribution in [0.4, 0.5) is 15.8 Å². The number of halogens is 1. The van der Waals surface area contributed by atoms with Crippen molar-refractivity contribution in [1.29, 1.82) is 0 Å². The Morgan fingerprint density at radius 2 is 2.29 bits per heavy atom. The highest BCUT2D eigenvalue weighted by atomic mass is 19.1. The largest absolute Gasteiger partial charge is 0.462 e. The third-order valence-corrected chi connectivity index (χ3v) is 2.72. The van der Waals surface area contributed by atoms with Crippen molar-refractivity contribution in [2.24, 2.45) is 7.05 Å². The lowest BCUT2D eigenvalue weighted by Crippen LogP contribution is -2.11. The molecular formula is C13H16FN5O2. The number of hydrogen-bond donors (Lipinski definition) is 2. The summed E-state index contributed by atoms with van der Waals surface area (Å²) in [6.45, 7) is 2.13. The summed E-state index contributed by atoms with van der Waals surface area (Å²) >= 11 is 0. The number of aromatic nitrogens is 3. The molecule has 1 aromatic heterocycles. The fourth-order valence-electron chi connectivity index (χ4n) is 1.75. The Kier molecular flexibility index (Phi) is 4.36. The average Bonchev–Trinajstić information content (AvgIpc) is 2.83. The molecule has 2 aromatic rings. The smallest absolute Gasteiger partial charge is 0.340 e. The predicted molar refractivity (Wildman–Crippen MR) is 75.1 cm³/mol. The molecule has 0 unspecified atom stereocenters. The van der Waals surface area contributed by atoms with E-state index in [-0.39, 0.29) is 30.1 Å². The predicted octanol–water partition coefficient (Wildman–Crippen LogP) is 1.33. The van der Waals surface area contributed by atoms with Gasteiger partial charge in [-0.05, 0) is 19.1 Å². The molecule has 2 rings (SSSR count). The number of nitrogens with two attached hydrogens (primary N) is 1. The number of esters is 1. The summed E-state index contributed by atoms with van der Waals surface area (Å²) in [7, 11) is 1.74. The number of nitrogen functional groups attached to an aromatic ring is 1. The van der Waals surface area contributed by atoms with Gasteiger partial charge in [-0.3, -0.25) is 4.68 Å². The lowest BCUT2D eigenvalue weighted by atomic mass is 10.1. The summed E-state index contributed by atoms with van der Waals surface area (Å²) in [5, 5.41) is 6.89. The molecule has 0 aliphatic rings. The Balaban J connectivity index is 2.18. The Morgan fingerprint density at radius 1 is 1.52 bits per heavy atom. The normalized spacial score (nSPS) is 10.4. The van der Waals surface area contributed by atoms with Gasteiger partial charge >= 0.3 is 5.97 Å². The summed E-state index contributed by atoms with van der Waals surface area (Å²) in [5.41, 5.74) is 5.93. The number of carbonyl (C=O) groups excluding carboxylic acids is 1. The number of anilines is 2. The first-order valence-corrected chi connectivity index (χ1v) is 6.35. The quantitative estimate of drug-likeness (QED) is 0.638. The first-order valence-electron chi connectivity index (χ1n) is 6.35. The topological polar surface area (TPSA) is 95.1 Å². The maximum atomic E-state index is 13.8. The van der Waals surface area contributed by atoms with Crippen LogP contribution in [0.1, 0.15) is 23.1 Å². The van der Waals surface area contributed by atoms with Crippen molar-refractivity contribution in [2.75, 3.05) is 17.7 Å². The van der Waals surface area contributed by atoms with Gasteiger partial charge in [0.15, 0.2) is 5.82 Å². The first-order chi connectivity index (χ1) is 10.0. The molecule has 3 N–H and O–H groups in total. The molecule has 0 atom stereocenters. The van der Waals surface area contributed by atoms with Gasteiger partial charge in [0.05, 0.1) is 24.4 Å². The number of aryl methyl sites for hydroxylation is 1. The third kappa shape index (κ3) is 3.47. The van der Waals surface area contributed by atoms with Crippen LogP contribution in [0.5, 0.6) is 0 Å². The summed E-state index contributed by atoms with van der Waals surface area (Å²) in [6.07, 6.45) is 1.54. The van der Waals surface area contributed by atoms with Gasteiger partial charge in [-0.15, -0.1) is 0 Å². The van der Waals surface area contributed by atoms with Crippen LogP contribution < -0.4 is 11.1 Å². The molecule has 0 bridgehead atoms. The molecule has 0 saturated heterocycles. The van der Waals surface area contributed by atoms with Crippen LogP contribution in [0.15, 0.2) is 18.5 Å². The highest BCUT2D eigenvalue weighted by molar-refractivity contribution is 5.96. The first kappa shape index (κ1) is 14.8. The molecule has 0 amide bonds. The zero-order valence-electron chi connectivity index (χ0n) is 11.8. The molecule has 1 heterocycles. The van der Waals surface area contributed by atoms with Gasteiger partial charge in [-0.1, -0.05) is 0 Å². The average molecular weight is 293 g/mol. The maximum Gasteiger partial charge on any atom is 0.340 e. The van der Waals surface area contributed by atoms with E-state index in [4.69, 9.17) is 10.5 Å². The van der Waals surface area contributed by atoms with Crippen LogP contribution in [0.2, 0.25) is 0 Å². The second-order valence-corrected chi connectivity index (χ2v) is 4.33. The standard InChI is InChI=1S/C13H16FN5O2/c1-3-21-13(20)8-4-11(9(14)5-10(8)15)16-6-12-17-7-19(2)18-12/h4-5,7,16H,3,6,15H2,1-2H3. The molecule has 7 nitrogen and oxygen atoms in total. The van der Waals surface area contributed by atoms with Gasteiger partial charge in [0, 0.05) is 12.7 Å². The van der Waals surface area contributed by atoms with Crippen LogP contribution in [0.25, 0.3) is 0 Å². The molecule has 112 valence electrons. The minimum absolute atomic E-state index is 0.0347. The fourth-order valence-corrected chi connectivity index (χ4v) is 1.75. The molecule has 0 aliphatic carbocycles. The number of hydrogen-bond acceptors (Lipinski definition) is 6. The second kappa shape index (κ2) is 6.21. The molecule has 0 spiro atoms. The van der Waals surface area contributed by atoms with Crippen molar-refractivity contribution >= 4 is 17.3 Å². The lowest BCUT2D eigenvalue weighted by Gasteiger charge is -2.10. The van der Waals surface area contributed by atoms with E-state index in [1.54, 1.807) is 25.0 Å². The van der Waals surface area contributed by atoms with Crippen LogP contribution >= 0.6 is 0 Å². The second-order valence-electron chi connectivity index (χ2n) is 4.33. The minimum Gasteiger partial charge on any atom is -0.462 e. The van der Waals surface area contributed by atoms with Crippen molar-refractivity contribution < 1.29 is 13.9 Å². The van der Waals surface area contributed by atoms with E-state index in [0.29, 0.717) is 5.82 Å². The number of rotatable bonds is 5. The van der Waals surface area contributed by atoms with Gasteiger partial charge in [0.2, 0.25) is 0 Å². The van der Waals surface area contributed by atoms with Crippen LogP contribution in [0, 0.1) is 5.82 Å². The third-order valence-electron chi connectivity index (χ3n) is 2.72. The Bertz CT molecular complexity index is 656. The molecule has 21 heavy (non-hydrogen) atoms. The summed E-state index contributed by atoms with van der Waals surface area (Å²) < 4.78 is 20.3. The highest BCUT2D eigenvalue weighted by Crippen LogP contribution is 2.23. The van der Waals surface area contributed by atoms with E-state index >= 15 is 0 Å². The van der Waals surface area contributed by atoms with Crippen molar-refractivity contribution in [2.45, 2.75) is 13.5 Å². The Labute approximate surface area is 120 Å². The maximum absolute atomic E-state index is 13.8. The number of nitrogens with zero attached hydrogens (tertiary/aromatic N) is 3.